The van der Waals surface area contributed by atoms with Gasteiger partial charge in [0.15, 0.2) is 0 Å². The van der Waals surface area contributed by atoms with E-state index in [1.165, 1.54) is 5.57 Å². The lowest BCUT2D eigenvalue weighted by atomic mass is 9.65. The van der Waals surface area contributed by atoms with Gasteiger partial charge in [-0.25, -0.2) is 0 Å². The number of hydrogen-bond acceptors (Lipinski definition) is 2. The van der Waals surface area contributed by atoms with Gasteiger partial charge in [-0.15, -0.1) is 0 Å². The number of rotatable bonds is 3. The van der Waals surface area contributed by atoms with E-state index < -0.39 is 0 Å². The molecule has 0 aromatic carbocycles. The van der Waals surface area contributed by atoms with Gasteiger partial charge >= 0.3 is 0 Å². The van der Waals surface area contributed by atoms with E-state index in [4.69, 9.17) is 4.74 Å². The van der Waals surface area contributed by atoms with Crippen molar-refractivity contribution in [1.29, 1.82) is 0 Å². The number of ether oxygens (including phenoxy) is 1. The summed E-state index contributed by atoms with van der Waals surface area (Å²) in [6.07, 6.45) is 2.70. The van der Waals surface area contributed by atoms with E-state index in [2.05, 4.69) is 0 Å². The summed E-state index contributed by atoms with van der Waals surface area (Å²) in [5.41, 5.74) is 0.828. The van der Waals surface area contributed by atoms with E-state index in [-0.39, 0.29) is 11.5 Å². The Morgan fingerprint density at radius 3 is 2.69 bits per heavy atom. The molecule has 1 saturated carbocycles. The predicted octanol–water partition coefficient (Wildman–Crippen LogP) is 2.34. The van der Waals surface area contributed by atoms with Crippen molar-refractivity contribution in [1.82, 2.24) is 0 Å². The average molecular weight is 182 g/mol. The number of ketones is 1. The van der Waals surface area contributed by atoms with Crippen LogP contribution < -0.4 is 0 Å². The molecule has 0 radical (unpaired) electrons. The molecule has 2 atom stereocenters. The van der Waals surface area contributed by atoms with E-state index in [9.17, 15) is 4.79 Å². The third kappa shape index (κ3) is 1.83. The molecular weight excluding hydrogens is 164 g/mol. The van der Waals surface area contributed by atoms with Gasteiger partial charge in [0, 0.05) is 13.0 Å². The quantitative estimate of drug-likeness (QED) is 0.626. The fraction of sp³-hybridized carbons (Fsp3) is 0.727. The van der Waals surface area contributed by atoms with Gasteiger partial charge < -0.3 is 4.74 Å². The molecule has 13 heavy (non-hydrogen) atoms. The number of carbonyl (C=O) groups is 1. The summed E-state index contributed by atoms with van der Waals surface area (Å²) in [5, 5.41) is 0. The fourth-order valence-corrected chi connectivity index (χ4v) is 1.86. The Hall–Kier alpha value is -0.630. The number of hydrogen-bond donors (Lipinski definition) is 0. The van der Waals surface area contributed by atoms with Gasteiger partial charge in [0.2, 0.25) is 0 Å². The van der Waals surface area contributed by atoms with Crippen LogP contribution in [0.1, 0.15) is 34.1 Å². The van der Waals surface area contributed by atoms with Crippen LogP contribution in [0.25, 0.3) is 0 Å². The van der Waals surface area contributed by atoms with Crippen molar-refractivity contribution < 1.29 is 9.53 Å². The molecular formula is C11H18O2. The molecule has 0 spiro atoms. The summed E-state index contributed by atoms with van der Waals surface area (Å²) >= 11 is 0. The Morgan fingerprint density at radius 1 is 1.69 bits per heavy atom. The smallest absolute Gasteiger partial charge is 0.147 e. The van der Waals surface area contributed by atoms with Gasteiger partial charge in [-0.3, -0.25) is 4.79 Å². The SMILES string of the molecule is CCO[C@H]1CC(=O)[C@]1(C)C=C(C)C. The third-order valence-electron chi connectivity index (χ3n) is 2.60. The second kappa shape index (κ2) is 3.62. The highest BCUT2D eigenvalue weighted by molar-refractivity contribution is 5.94. The van der Waals surface area contributed by atoms with Crippen molar-refractivity contribution in [2.24, 2.45) is 5.41 Å². The van der Waals surface area contributed by atoms with E-state index in [1.54, 1.807) is 0 Å². The van der Waals surface area contributed by atoms with Gasteiger partial charge in [-0.2, -0.15) is 0 Å². The van der Waals surface area contributed by atoms with Crippen LogP contribution in [0, 0.1) is 5.41 Å². The first-order chi connectivity index (χ1) is 6.00. The molecule has 0 aromatic rings. The molecule has 0 heterocycles. The van der Waals surface area contributed by atoms with Crippen LogP contribution in [0.5, 0.6) is 0 Å². The zero-order valence-electron chi connectivity index (χ0n) is 8.89. The minimum Gasteiger partial charge on any atom is -0.377 e. The average Bonchev–Trinajstić information content (AvgIpc) is 2.03. The van der Waals surface area contributed by atoms with Gasteiger partial charge in [-0.05, 0) is 27.7 Å². The van der Waals surface area contributed by atoms with Gasteiger partial charge in [0.1, 0.15) is 5.78 Å². The third-order valence-corrected chi connectivity index (χ3v) is 2.60. The van der Waals surface area contributed by atoms with Crippen molar-refractivity contribution in [3.63, 3.8) is 0 Å². The highest BCUT2D eigenvalue weighted by Crippen LogP contribution is 2.41. The monoisotopic (exact) mass is 182 g/mol. The largest absolute Gasteiger partial charge is 0.377 e. The van der Waals surface area contributed by atoms with Crippen LogP contribution in [0.2, 0.25) is 0 Å². The second-order valence-corrected chi connectivity index (χ2v) is 4.08. The lowest BCUT2D eigenvalue weighted by Gasteiger charge is -2.42. The Balaban J connectivity index is 2.74. The molecule has 0 amide bonds. The van der Waals surface area contributed by atoms with E-state index in [0.717, 1.165) is 0 Å². The van der Waals surface area contributed by atoms with Crippen LogP contribution >= 0.6 is 0 Å². The number of Topliss-reactive ketones (excluding diaryl/α,β-unsaturated/α-hetero) is 1. The fourth-order valence-electron chi connectivity index (χ4n) is 1.86. The molecule has 0 unspecified atom stereocenters. The molecule has 0 aromatic heterocycles. The minimum absolute atomic E-state index is 0.0971. The van der Waals surface area contributed by atoms with E-state index >= 15 is 0 Å². The summed E-state index contributed by atoms with van der Waals surface area (Å²) in [7, 11) is 0. The van der Waals surface area contributed by atoms with Crippen molar-refractivity contribution in [3.8, 4) is 0 Å². The minimum atomic E-state index is -0.352. The van der Waals surface area contributed by atoms with Gasteiger partial charge in [-0.1, -0.05) is 11.6 Å². The molecule has 2 heteroatoms. The van der Waals surface area contributed by atoms with Gasteiger partial charge in [0.05, 0.1) is 11.5 Å². The molecule has 0 aliphatic heterocycles. The Kier molecular flexibility index (Phi) is 2.91. The van der Waals surface area contributed by atoms with Crippen LogP contribution in [-0.2, 0) is 9.53 Å². The van der Waals surface area contributed by atoms with E-state index in [1.807, 2.05) is 33.8 Å². The normalized spacial score (nSPS) is 32.6. The zero-order chi connectivity index (χ0) is 10.1. The lowest BCUT2D eigenvalue weighted by Crippen LogP contribution is -2.52. The standard InChI is InChI=1S/C11H18O2/c1-5-13-10-6-9(12)11(10,4)7-8(2)3/h7,10H,5-6H2,1-4H3/t10-,11-/m0/s1. The maximum absolute atomic E-state index is 11.4. The first-order valence-electron chi connectivity index (χ1n) is 4.81. The van der Waals surface area contributed by atoms with Crippen LogP contribution in [0.4, 0.5) is 0 Å². The lowest BCUT2D eigenvalue weighted by molar-refractivity contribution is -0.153. The molecule has 1 aliphatic rings. The Bertz CT molecular complexity index is 238. The molecule has 74 valence electrons. The highest BCUT2D eigenvalue weighted by atomic mass is 16.5. The summed E-state index contributed by atoms with van der Waals surface area (Å²) in [6.45, 7) is 8.64. The summed E-state index contributed by atoms with van der Waals surface area (Å²) in [6, 6.07) is 0. The van der Waals surface area contributed by atoms with Crippen LogP contribution in [0.3, 0.4) is 0 Å². The van der Waals surface area contributed by atoms with Crippen molar-refractivity contribution >= 4 is 5.78 Å². The topological polar surface area (TPSA) is 26.3 Å². The van der Waals surface area contributed by atoms with Crippen molar-refractivity contribution in [2.45, 2.75) is 40.2 Å². The predicted molar refractivity (Wildman–Crippen MR) is 52.6 cm³/mol. The van der Waals surface area contributed by atoms with Gasteiger partial charge in [0.25, 0.3) is 0 Å². The maximum Gasteiger partial charge on any atom is 0.147 e. The number of allylic oxidation sites excluding steroid dienone is 1. The molecule has 1 rings (SSSR count). The first kappa shape index (κ1) is 10.5. The molecule has 2 nitrogen and oxygen atoms in total. The van der Waals surface area contributed by atoms with E-state index in [0.29, 0.717) is 18.8 Å². The molecule has 1 fully saturated rings. The summed E-state index contributed by atoms with van der Waals surface area (Å²) in [4.78, 5) is 11.4. The van der Waals surface area contributed by atoms with Crippen LogP contribution in [0.15, 0.2) is 11.6 Å². The van der Waals surface area contributed by atoms with Crippen molar-refractivity contribution in [3.05, 3.63) is 11.6 Å². The molecule has 1 aliphatic carbocycles. The molecule has 0 bridgehead atoms. The molecule has 0 saturated heterocycles. The summed E-state index contributed by atoms with van der Waals surface area (Å²) < 4.78 is 5.50. The summed E-state index contributed by atoms with van der Waals surface area (Å²) in [5.74, 6) is 0.298. The maximum atomic E-state index is 11.4. The first-order valence-corrected chi connectivity index (χ1v) is 4.81. The number of carbonyl (C=O) groups excluding carboxylic acids is 1. The zero-order valence-corrected chi connectivity index (χ0v) is 8.89. The second-order valence-electron chi connectivity index (χ2n) is 4.08. The molecule has 0 N–H and O–H groups in total. The highest BCUT2D eigenvalue weighted by Gasteiger charge is 2.50. The Morgan fingerprint density at radius 2 is 2.31 bits per heavy atom. The van der Waals surface area contributed by atoms with Crippen molar-refractivity contribution in [2.75, 3.05) is 6.61 Å². The Labute approximate surface area is 80.0 Å². The van der Waals surface area contributed by atoms with Crippen LogP contribution in [-0.4, -0.2) is 18.5 Å².